The lowest BCUT2D eigenvalue weighted by molar-refractivity contribution is -0.121. The van der Waals surface area contributed by atoms with Crippen LogP contribution in [0.4, 0.5) is 0 Å². The zero-order valence-electron chi connectivity index (χ0n) is 10.8. The van der Waals surface area contributed by atoms with Gasteiger partial charge in [0.15, 0.2) is 0 Å². The van der Waals surface area contributed by atoms with E-state index in [1.807, 2.05) is 6.92 Å². The van der Waals surface area contributed by atoms with Gasteiger partial charge >= 0.3 is 0 Å². The van der Waals surface area contributed by atoms with E-state index < -0.39 is 0 Å². The fraction of sp³-hybridized carbons (Fsp3) is 0.923. The quantitative estimate of drug-likeness (QED) is 0.583. The summed E-state index contributed by atoms with van der Waals surface area (Å²) in [6.07, 6.45) is 11.5. The second kappa shape index (κ2) is 12.8. The van der Waals surface area contributed by atoms with Gasteiger partial charge in [0.1, 0.15) is 0 Å². The van der Waals surface area contributed by atoms with E-state index in [2.05, 4.69) is 6.92 Å². The van der Waals surface area contributed by atoms with Crippen LogP contribution in [0.5, 0.6) is 0 Å². The standard InChI is InChI=1S/C13H27NO.ClH/c1-3-4-5-6-7-8-9-10-11-12(2)13(14)15;/h12H,3-11H2,1-2H3,(H2,14,15);1H. The monoisotopic (exact) mass is 249 g/mol. The van der Waals surface area contributed by atoms with Gasteiger partial charge in [0.2, 0.25) is 5.91 Å². The van der Waals surface area contributed by atoms with Gasteiger partial charge in [-0.25, -0.2) is 0 Å². The van der Waals surface area contributed by atoms with Crippen molar-refractivity contribution in [1.29, 1.82) is 0 Å². The van der Waals surface area contributed by atoms with E-state index in [4.69, 9.17) is 5.73 Å². The van der Waals surface area contributed by atoms with Gasteiger partial charge in [-0.1, -0.05) is 65.2 Å². The van der Waals surface area contributed by atoms with Crippen LogP contribution in [0.15, 0.2) is 0 Å². The molecule has 0 aliphatic rings. The lowest BCUT2D eigenvalue weighted by atomic mass is 10.0. The molecule has 0 heterocycles. The largest absolute Gasteiger partial charge is 0.369 e. The third-order valence-corrected chi connectivity index (χ3v) is 2.98. The molecule has 1 atom stereocenters. The van der Waals surface area contributed by atoms with E-state index >= 15 is 0 Å². The first-order chi connectivity index (χ1) is 7.18. The number of hydrogen-bond donors (Lipinski definition) is 1. The number of nitrogens with two attached hydrogens (primary N) is 1. The van der Waals surface area contributed by atoms with Crippen LogP contribution in [-0.4, -0.2) is 5.91 Å². The van der Waals surface area contributed by atoms with Crippen molar-refractivity contribution >= 4 is 18.3 Å². The first-order valence-electron chi connectivity index (χ1n) is 6.47. The van der Waals surface area contributed by atoms with Gasteiger partial charge in [0, 0.05) is 5.92 Å². The van der Waals surface area contributed by atoms with Crippen molar-refractivity contribution in [2.75, 3.05) is 0 Å². The number of primary amides is 1. The molecule has 0 aromatic rings. The number of amides is 1. The molecule has 0 spiro atoms. The molecule has 0 bridgehead atoms. The number of unbranched alkanes of at least 4 members (excludes halogenated alkanes) is 7. The average Bonchev–Trinajstić information content (AvgIpc) is 2.21. The predicted octanol–water partition coefficient (Wildman–Crippen LogP) is 4.06. The smallest absolute Gasteiger partial charge is 0.220 e. The average molecular weight is 250 g/mol. The van der Waals surface area contributed by atoms with E-state index in [0.29, 0.717) is 0 Å². The van der Waals surface area contributed by atoms with Crippen molar-refractivity contribution in [1.82, 2.24) is 0 Å². The number of halogens is 1. The van der Waals surface area contributed by atoms with Crippen molar-refractivity contribution in [3.63, 3.8) is 0 Å². The summed E-state index contributed by atoms with van der Waals surface area (Å²) in [7, 11) is 0. The summed E-state index contributed by atoms with van der Waals surface area (Å²) >= 11 is 0. The van der Waals surface area contributed by atoms with Crippen molar-refractivity contribution < 1.29 is 4.79 Å². The molecule has 0 aromatic carbocycles. The summed E-state index contributed by atoms with van der Waals surface area (Å²) in [5, 5.41) is 0. The summed E-state index contributed by atoms with van der Waals surface area (Å²) in [6, 6.07) is 0. The van der Waals surface area contributed by atoms with Gasteiger partial charge in [0.25, 0.3) is 0 Å². The highest BCUT2D eigenvalue weighted by Gasteiger charge is 2.06. The van der Waals surface area contributed by atoms with Gasteiger partial charge in [-0.2, -0.15) is 0 Å². The minimum atomic E-state index is -0.155. The maximum absolute atomic E-state index is 10.8. The molecule has 0 saturated carbocycles. The van der Waals surface area contributed by atoms with Gasteiger partial charge in [-0.15, -0.1) is 12.4 Å². The van der Waals surface area contributed by atoms with Gasteiger partial charge in [-0.05, 0) is 6.42 Å². The van der Waals surface area contributed by atoms with Crippen LogP contribution < -0.4 is 5.73 Å². The normalized spacial score (nSPS) is 11.9. The Morgan fingerprint density at radius 3 is 1.88 bits per heavy atom. The summed E-state index contributed by atoms with van der Waals surface area (Å²) < 4.78 is 0. The summed E-state index contributed by atoms with van der Waals surface area (Å²) in [5.74, 6) is -0.0944. The molecule has 2 N–H and O–H groups in total. The maximum atomic E-state index is 10.8. The highest BCUT2D eigenvalue weighted by molar-refractivity contribution is 5.85. The minimum Gasteiger partial charge on any atom is -0.369 e. The highest BCUT2D eigenvalue weighted by Crippen LogP contribution is 2.12. The van der Waals surface area contributed by atoms with E-state index in [9.17, 15) is 4.79 Å². The predicted molar refractivity (Wildman–Crippen MR) is 72.8 cm³/mol. The van der Waals surface area contributed by atoms with Crippen molar-refractivity contribution in [3.8, 4) is 0 Å². The molecular formula is C13H28ClNO. The van der Waals surface area contributed by atoms with E-state index in [1.54, 1.807) is 0 Å². The van der Waals surface area contributed by atoms with Crippen molar-refractivity contribution in [2.45, 2.75) is 71.6 Å². The summed E-state index contributed by atoms with van der Waals surface area (Å²) in [4.78, 5) is 10.8. The molecule has 0 fully saturated rings. The highest BCUT2D eigenvalue weighted by atomic mass is 35.5. The molecule has 0 aromatic heterocycles. The first kappa shape index (κ1) is 18.1. The molecule has 1 unspecified atom stereocenters. The molecule has 2 nitrogen and oxygen atoms in total. The number of carbonyl (C=O) groups excluding carboxylic acids is 1. The third-order valence-electron chi connectivity index (χ3n) is 2.98. The second-order valence-electron chi connectivity index (χ2n) is 4.57. The SMILES string of the molecule is CCCCCCCCCCC(C)C(N)=O.Cl. The zero-order valence-corrected chi connectivity index (χ0v) is 11.7. The third kappa shape index (κ3) is 11.8. The number of rotatable bonds is 10. The lowest BCUT2D eigenvalue weighted by Crippen LogP contribution is -2.20. The molecule has 0 aliphatic carbocycles. The molecule has 0 radical (unpaired) electrons. The Hall–Kier alpha value is -0.240. The molecule has 16 heavy (non-hydrogen) atoms. The van der Waals surface area contributed by atoms with Gasteiger partial charge in [-0.3, -0.25) is 4.79 Å². The van der Waals surface area contributed by atoms with Crippen molar-refractivity contribution in [3.05, 3.63) is 0 Å². The molecular weight excluding hydrogens is 222 g/mol. The Morgan fingerprint density at radius 2 is 1.44 bits per heavy atom. The van der Waals surface area contributed by atoms with Crippen LogP contribution in [0, 0.1) is 5.92 Å². The Balaban J connectivity index is 0. The van der Waals surface area contributed by atoms with Gasteiger partial charge < -0.3 is 5.73 Å². The second-order valence-corrected chi connectivity index (χ2v) is 4.57. The Kier molecular flexibility index (Phi) is 14.5. The Labute approximate surface area is 107 Å². The Bertz CT molecular complexity index is 162. The molecule has 0 saturated heterocycles. The molecule has 1 amide bonds. The van der Waals surface area contributed by atoms with Crippen LogP contribution in [-0.2, 0) is 4.79 Å². The van der Waals surface area contributed by atoms with Crippen LogP contribution in [0.25, 0.3) is 0 Å². The molecule has 0 aliphatic heterocycles. The van der Waals surface area contributed by atoms with E-state index in [-0.39, 0.29) is 24.2 Å². The number of hydrogen-bond acceptors (Lipinski definition) is 1. The van der Waals surface area contributed by atoms with E-state index in [0.717, 1.165) is 12.8 Å². The van der Waals surface area contributed by atoms with Crippen LogP contribution in [0.1, 0.15) is 71.6 Å². The first-order valence-corrected chi connectivity index (χ1v) is 6.47. The van der Waals surface area contributed by atoms with Crippen molar-refractivity contribution in [2.24, 2.45) is 11.7 Å². The molecule has 0 rings (SSSR count). The van der Waals surface area contributed by atoms with Crippen LogP contribution in [0.3, 0.4) is 0 Å². The maximum Gasteiger partial charge on any atom is 0.220 e. The fourth-order valence-corrected chi connectivity index (χ4v) is 1.73. The summed E-state index contributed by atoms with van der Waals surface area (Å²) in [6.45, 7) is 4.16. The minimum absolute atomic E-state index is 0. The fourth-order valence-electron chi connectivity index (χ4n) is 1.73. The van der Waals surface area contributed by atoms with Crippen LogP contribution in [0.2, 0.25) is 0 Å². The summed E-state index contributed by atoms with van der Waals surface area (Å²) in [5.41, 5.74) is 5.19. The zero-order chi connectivity index (χ0) is 11.5. The number of carbonyl (C=O) groups is 1. The van der Waals surface area contributed by atoms with Crippen LogP contribution >= 0.6 is 12.4 Å². The topological polar surface area (TPSA) is 43.1 Å². The lowest BCUT2D eigenvalue weighted by Gasteiger charge is -2.06. The Morgan fingerprint density at radius 1 is 1.00 bits per heavy atom. The van der Waals surface area contributed by atoms with Gasteiger partial charge in [0.05, 0.1) is 0 Å². The molecule has 98 valence electrons. The van der Waals surface area contributed by atoms with E-state index in [1.165, 1.54) is 44.9 Å². The molecule has 3 heteroatoms.